The Bertz CT molecular complexity index is 1740. The molecule has 1 amide bonds. The van der Waals surface area contributed by atoms with Gasteiger partial charge in [0.05, 0.1) is 53.6 Å². The first-order valence-corrected chi connectivity index (χ1v) is 16.5. The van der Waals surface area contributed by atoms with E-state index in [1.54, 1.807) is 19.9 Å². The van der Waals surface area contributed by atoms with E-state index in [1.165, 1.54) is 24.3 Å². The minimum atomic E-state index is -5.07. The van der Waals surface area contributed by atoms with Gasteiger partial charge in [0.25, 0.3) is 0 Å². The topological polar surface area (TPSA) is 164 Å². The highest BCUT2D eigenvalue weighted by Crippen LogP contribution is 2.45. The monoisotopic (exact) mass is 704 g/mol. The van der Waals surface area contributed by atoms with Crippen LogP contribution in [0, 0.1) is 0 Å². The lowest BCUT2D eigenvalue weighted by Gasteiger charge is -2.46. The fourth-order valence-electron chi connectivity index (χ4n) is 5.54. The molecule has 1 aromatic carbocycles. The summed E-state index contributed by atoms with van der Waals surface area (Å²) >= 11 is 0. The third-order valence-electron chi connectivity index (χ3n) is 7.90. The Kier molecular flexibility index (Phi) is 10.6. The molecule has 0 radical (unpaired) electrons. The summed E-state index contributed by atoms with van der Waals surface area (Å²) in [6.07, 6.45) is -9.82. The van der Waals surface area contributed by atoms with Crippen molar-refractivity contribution in [1.29, 1.82) is 0 Å². The minimum Gasteiger partial charge on any atom is -0.481 e. The Morgan fingerprint density at radius 2 is 1.71 bits per heavy atom. The number of aryl methyl sites for hydroxylation is 1. The standard InChI is InChI=1S/C30H34F6N6O5S/c1-4-28(37)15-21(25-23(8-9-24(41-25)46-3)42(28)27(43)47-5-2)26-39-16-18(7-6-10-48(38,44)45)22(40-26)13-17-11-19(29(31,32)33)14-20(12-17)30(34,35)36/h8-9,11-12,14,16,21H,4-7,10,13,15,37H2,1-3H3,(H2,38,44,45)/t21-,28+/m0/s1. The molecule has 0 bridgehead atoms. The Morgan fingerprint density at radius 1 is 1.06 bits per heavy atom. The van der Waals surface area contributed by atoms with E-state index >= 15 is 0 Å². The molecule has 0 unspecified atom stereocenters. The summed E-state index contributed by atoms with van der Waals surface area (Å²) in [7, 11) is -2.50. The quantitative estimate of drug-likeness (QED) is 0.267. The largest absolute Gasteiger partial charge is 0.481 e. The smallest absolute Gasteiger partial charge is 0.416 e. The van der Waals surface area contributed by atoms with Crippen molar-refractivity contribution in [3.8, 4) is 5.88 Å². The summed E-state index contributed by atoms with van der Waals surface area (Å²) in [5.74, 6) is -1.02. The maximum Gasteiger partial charge on any atom is 0.416 e. The number of rotatable bonds is 10. The average molecular weight is 705 g/mol. The number of pyridine rings is 1. The number of primary sulfonamides is 1. The number of alkyl halides is 6. The molecule has 4 N–H and O–H groups in total. The lowest BCUT2D eigenvalue weighted by molar-refractivity contribution is -0.143. The fourth-order valence-corrected chi connectivity index (χ4v) is 6.09. The Balaban J connectivity index is 1.89. The summed E-state index contributed by atoms with van der Waals surface area (Å²) < 4.78 is 116. The minimum absolute atomic E-state index is 0.00145. The predicted octanol–water partition coefficient (Wildman–Crippen LogP) is 5.29. The second kappa shape index (κ2) is 13.8. The van der Waals surface area contributed by atoms with Crippen LogP contribution in [0.25, 0.3) is 0 Å². The number of nitrogens with two attached hydrogens (primary N) is 2. The van der Waals surface area contributed by atoms with E-state index in [4.69, 9.17) is 20.3 Å². The average Bonchev–Trinajstić information content (AvgIpc) is 2.99. The number of halogens is 6. The molecule has 4 rings (SSSR count). The van der Waals surface area contributed by atoms with E-state index in [2.05, 4.69) is 15.0 Å². The van der Waals surface area contributed by atoms with Crippen LogP contribution in [0.15, 0.2) is 36.5 Å². The van der Waals surface area contributed by atoms with Gasteiger partial charge in [-0.1, -0.05) is 6.92 Å². The van der Waals surface area contributed by atoms with E-state index < -0.39 is 63.4 Å². The first kappa shape index (κ1) is 36.8. The van der Waals surface area contributed by atoms with Crippen LogP contribution in [0.3, 0.4) is 0 Å². The lowest BCUT2D eigenvalue weighted by Crippen LogP contribution is -2.61. The maximum atomic E-state index is 13.7. The Morgan fingerprint density at radius 3 is 2.25 bits per heavy atom. The molecule has 0 saturated carbocycles. The van der Waals surface area contributed by atoms with Gasteiger partial charge in [0.15, 0.2) is 0 Å². The van der Waals surface area contributed by atoms with Crippen LogP contribution in [0.4, 0.5) is 36.8 Å². The van der Waals surface area contributed by atoms with E-state index in [0.717, 1.165) is 0 Å². The van der Waals surface area contributed by atoms with Crippen molar-refractivity contribution in [1.82, 2.24) is 15.0 Å². The zero-order valence-corrected chi connectivity index (χ0v) is 27.0. The van der Waals surface area contributed by atoms with Gasteiger partial charge in [-0.05, 0) is 68.0 Å². The zero-order chi connectivity index (χ0) is 35.7. The molecule has 3 heterocycles. The van der Waals surface area contributed by atoms with Crippen molar-refractivity contribution >= 4 is 21.8 Å². The second-order valence-electron chi connectivity index (χ2n) is 11.3. The number of ether oxygens (including phenoxy) is 2. The van der Waals surface area contributed by atoms with Gasteiger partial charge in [-0.2, -0.15) is 26.3 Å². The van der Waals surface area contributed by atoms with Crippen LogP contribution in [0.1, 0.15) is 78.5 Å². The van der Waals surface area contributed by atoms with Crippen molar-refractivity contribution in [2.75, 3.05) is 24.4 Å². The third-order valence-corrected chi connectivity index (χ3v) is 8.76. The van der Waals surface area contributed by atoms with Crippen molar-refractivity contribution in [3.63, 3.8) is 0 Å². The fraction of sp³-hybridized carbons (Fsp3) is 0.467. The summed E-state index contributed by atoms with van der Waals surface area (Å²) in [5.41, 5.74) is 2.98. The number of hydrogen-bond donors (Lipinski definition) is 2. The number of anilines is 1. The number of hydrogen-bond acceptors (Lipinski definition) is 9. The molecular weight excluding hydrogens is 670 g/mol. The van der Waals surface area contributed by atoms with Crippen LogP contribution in [-0.4, -0.2) is 54.6 Å². The number of nitrogens with zero attached hydrogens (tertiary/aromatic N) is 4. The highest BCUT2D eigenvalue weighted by atomic mass is 32.2. The SMILES string of the molecule is CCOC(=O)N1c2ccc(OC)nc2[C@@H](c2ncc(CCCS(N)(=O)=O)c(Cc3cc(C(F)(F)F)cc(C(F)(F)F)c3)n2)C[C@@]1(N)CC. The summed E-state index contributed by atoms with van der Waals surface area (Å²) in [6.45, 7) is 3.43. The van der Waals surface area contributed by atoms with Crippen molar-refractivity contribution in [2.24, 2.45) is 10.9 Å². The van der Waals surface area contributed by atoms with Crippen LogP contribution in [-0.2, 0) is 40.0 Å². The third kappa shape index (κ3) is 8.33. The number of carbonyl (C=O) groups excluding carboxylic acids is 1. The number of aromatic nitrogens is 3. The first-order valence-electron chi connectivity index (χ1n) is 14.7. The molecular formula is C30H34F6N6O5S. The van der Waals surface area contributed by atoms with Crippen LogP contribution in [0.5, 0.6) is 5.88 Å². The number of sulfonamides is 1. The maximum absolute atomic E-state index is 13.7. The molecule has 0 fully saturated rings. The van der Waals surface area contributed by atoms with Gasteiger partial charge in [-0.3, -0.25) is 4.90 Å². The van der Waals surface area contributed by atoms with E-state index in [1.807, 2.05) is 0 Å². The predicted molar refractivity (Wildman–Crippen MR) is 162 cm³/mol. The van der Waals surface area contributed by atoms with Gasteiger partial charge in [0.2, 0.25) is 15.9 Å². The lowest BCUT2D eigenvalue weighted by atomic mass is 9.83. The highest BCUT2D eigenvalue weighted by Gasteiger charge is 2.47. The van der Waals surface area contributed by atoms with Gasteiger partial charge in [0.1, 0.15) is 11.5 Å². The first-order chi connectivity index (χ1) is 22.3. The number of amides is 1. The molecule has 1 aliphatic heterocycles. The second-order valence-corrected chi connectivity index (χ2v) is 13.0. The number of benzene rings is 1. The molecule has 0 aliphatic carbocycles. The van der Waals surface area contributed by atoms with Crippen molar-refractivity contribution in [2.45, 2.75) is 69.9 Å². The number of fused-ring (bicyclic) bond motifs is 1. The van der Waals surface area contributed by atoms with Crippen molar-refractivity contribution < 1.29 is 49.0 Å². The van der Waals surface area contributed by atoms with Crippen LogP contribution in [0.2, 0.25) is 0 Å². The molecule has 2 aromatic heterocycles. The normalized spacial score (nSPS) is 18.4. The van der Waals surface area contributed by atoms with E-state index in [-0.39, 0.29) is 78.3 Å². The van der Waals surface area contributed by atoms with Gasteiger partial charge in [-0.25, -0.2) is 33.3 Å². The zero-order valence-electron chi connectivity index (χ0n) is 26.2. The summed E-state index contributed by atoms with van der Waals surface area (Å²) in [6, 6.07) is 4.31. The number of carbonyl (C=O) groups is 1. The van der Waals surface area contributed by atoms with Gasteiger partial charge in [0, 0.05) is 18.7 Å². The Labute approximate surface area is 272 Å². The molecule has 0 spiro atoms. The van der Waals surface area contributed by atoms with Gasteiger partial charge >= 0.3 is 18.4 Å². The molecule has 262 valence electrons. The van der Waals surface area contributed by atoms with Crippen LogP contribution < -0.4 is 20.5 Å². The highest BCUT2D eigenvalue weighted by molar-refractivity contribution is 7.89. The molecule has 3 aromatic rings. The molecule has 11 nitrogen and oxygen atoms in total. The van der Waals surface area contributed by atoms with Gasteiger partial charge < -0.3 is 15.2 Å². The molecule has 48 heavy (non-hydrogen) atoms. The summed E-state index contributed by atoms with van der Waals surface area (Å²) in [4.78, 5) is 28.0. The number of methoxy groups -OCH3 is 1. The molecule has 1 aliphatic rings. The molecule has 18 heteroatoms. The van der Waals surface area contributed by atoms with Crippen molar-refractivity contribution in [3.05, 3.63) is 76.0 Å². The van der Waals surface area contributed by atoms with E-state index in [0.29, 0.717) is 12.1 Å². The van der Waals surface area contributed by atoms with Crippen LogP contribution >= 0.6 is 0 Å². The Hall–Kier alpha value is -4.03. The molecule has 0 saturated heterocycles. The van der Waals surface area contributed by atoms with E-state index in [9.17, 15) is 39.6 Å². The van der Waals surface area contributed by atoms with Gasteiger partial charge in [-0.15, -0.1) is 0 Å². The molecule has 2 atom stereocenters. The summed E-state index contributed by atoms with van der Waals surface area (Å²) in [5, 5.41) is 5.12.